The van der Waals surface area contributed by atoms with Crippen LogP contribution >= 0.6 is 11.6 Å². The molecule has 1 saturated heterocycles. The average Bonchev–Trinajstić information content (AvgIpc) is 3.03. The highest BCUT2D eigenvalue weighted by Crippen LogP contribution is 2.30. The quantitative estimate of drug-likeness (QED) is 0.829. The number of hydrogen-bond donors (Lipinski definition) is 0. The van der Waals surface area contributed by atoms with Gasteiger partial charge < -0.3 is 9.90 Å². The number of carbonyl (C=O) groups excluding carboxylic acids is 1. The highest BCUT2D eigenvalue weighted by atomic mass is 35.5. The molecule has 0 bridgehead atoms. The first-order valence-electron chi connectivity index (χ1n) is 6.63. The molecular weight excluding hydrogens is 328 g/mol. The molecular formula is C14H12ClN2O4S-. The van der Waals surface area contributed by atoms with Crippen molar-refractivity contribution in [1.29, 1.82) is 0 Å². The molecule has 0 spiro atoms. The molecule has 116 valence electrons. The standard InChI is InChI=1S/C14H13ClN2O4S/c15-10-3-1-9(2-4-10)13-7-12(14(18)19)16-17(13)11-5-6-22(20,21)8-11/h1-4,7,11H,5-6,8H2,(H,18,19)/p-1/t11-/m0/s1. The van der Waals surface area contributed by atoms with E-state index in [-0.39, 0.29) is 23.2 Å². The summed E-state index contributed by atoms with van der Waals surface area (Å²) in [6.45, 7) is 0. The van der Waals surface area contributed by atoms with E-state index in [1.165, 1.54) is 10.7 Å². The molecule has 1 atom stereocenters. The van der Waals surface area contributed by atoms with E-state index >= 15 is 0 Å². The maximum Gasteiger partial charge on any atom is 0.152 e. The smallest absolute Gasteiger partial charge is 0.152 e. The molecule has 22 heavy (non-hydrogen) atoms. The van der Waals surface area contributed by atoms with Gasteiger partial charge in [-0.25, -0.2) is 8.42 Å². The molecule has 0 amide bonds. The van der Waals surface area contributed by atoms with Crippen molar-refractivity contribution < 1.29 is 18.3 Å². The second kappa shape index (κ2) is 5.40. The largest absolute Gasteiger partial charge is 0.543 e. The van der Waals surface area contributed by atoms with Crippen LogP contribution in [0.4, 0.5) is 0 Å². The van der Waals surface area contributed by atoms with Gasteiger partial charge in [0.05, 0.1) is 29.2 Å². The highest BCUT2D eigenvalue weighted by Gasteiger charge is 2.31. The van der Waals surface area contributed by atoms with Crippen LogP contribution in [0.25, 0.3) is 11.3 Å². The predicted molar refractivity (Wildman–Crippen MR) is 79.3 cm³/mol. The summed E-state index contributed by atoms with van der Waals surface area (Å²) in [7, 11) is -3.11. The first-order chi connectivity index (χ1) is 10.4. The SMILES string of the molecule is O=C([O-])c1cc(-c2ccc(Cl)cc2)n([C@H]2CCS(=O)(=O)C2)n1. The van der Waals surface area contributed by atoms with E-state index in [0.29, 0.717) is 22.7 Å². The van der Waals surface area contributed by atoms with E-state index in [1.807, 2.05) is 0 Å². The van der Waals surface area contributed by atoms with Crippen LogP contribution in [-0.2, 0) is 9.84 Å². The Bertz CT molecular complexity index is 827. The fourth-order valence-corrected chi connectivity index (χ4v) is 4.40. The van der Waals surface area contributed by atoms with E-state index in [0.717, 1.165) is 0 Å². The molecule has 1 aromatic heterocycles. The van der Waals surface area contributed by atoms with E-state index in [4.69, 9.17) is 11.6 Å². The molecule has 1 fully saturated rings. The number of halogens is 1. The zero-order valence-electron chi connectivity index (χ0n) is 11.4. The van der Waals surface area contributed by atoms with Crippen molar-refractivity contribution in [2.75, 3.05) is 11.5 Å². The minimum Gasteiger partial charge on any atom is -0.543 e. The van der Waals surface area contributed by atoms with Gasteiger partial charge in [0.15, 0.2) is 9.84 Å². The molecule has 2 heterocycles. The van der Waals surface area contributed by atoms with Gasteiger partial charge in [-0.3, -0.25) is 4.68 Å². The van der Waals surface area contributed by atoms with Crippen LogP contribution in [0.3, 0.4) is 0 Å². The molecule has 3 rings (SSSR count). The Morgan fingerprint density at radius 1 is 1.32 bits per heavy atom. The molecule has 0 N–H and O–H groups in total. The van der Waals surface area contributed by atoms with Crippen molar-refractivity contribution in [3.63, 3.8) is 0 Å². The molecule has 8 heteroatoms. The summed E-state index contributed by atoms with van der Waals surface area (Å²) in [5, 5.41) is 15.6. The van der Waals surface area contributed by atoms with Crippen LogP contribution in [0.1, 0.15) is 23.0 Å². The minimum atomic E-state index is -3.11. The fourth-order valence-electron chi connectivity index (χ4n) is 2.58. The normalized spacial score (nSPS) is 20.1. The summed E-state index contributed by atoms with van der Waals surface area (Å²) in [5.41, 5.74) is 1.04. The van der Waals surface area contributed by atoms with Gasteiger partial charge in [-0.2, -0.15) is 5.10 Å². The second-order valence-corrected chi connectivity index (χ2v) is 7.88. The Kier molecular flexibility index (Phi) is 3.70. The topological polar surface area (TPSA) is 92.1 Å². The Hall–Kier alpha value is -1.86. The first-order valence-corrected chi connectivity index (χ1v) is 8.83. The lowest BCUT2D eigenvalue weighted by Gasteiger charge is -2.13. The monoisotopic (exact) mass is 339 g/mol. The summed E-state index contributed by atoms with van der Waals surface area (Å²) >= 11 is 5.85. The molecule has 2 aromatic rings. The molecule has 0 radical (unpaired) electrons. The summed E-state index contributed by atoms with van der Waals surface area (Å²) in [5.74, 6) is -1.35. The van der Waals surface area contributed by atoms with E-state index < -0.39 is 15.8 Å². The van der Waals surface area contributed by atoms with E-state index in [2.05, 4.69) is 5.10 Å². The van der Waals surface area contributed by atoms with Crippen molar-refractivity contribution in [3.05, 3.63) is 41.0 Å². The lowest BCUT2D eigenvalue weighted by atomic mass is 10.1. The van der Waals surface area contributed by atoms with Crippen LogP contribution < -0.4 is 5.11 Å². The molecule has 0 aliphatic carbocycles. The van der Waals surface area contributed by atoms with Crippen molar-refractivity contribution in [1.82, 2.24) is 9.78 Å². The zero-order chi connectivity index (χ0) is 15.9. The maximum absolute atomic E-state index is 11.7. The van der Waals surface area contributed by atoms with Gasteiger partial charge in [0, 0.05) is 5.02 Å². The van der Waals surface area contributed by atoms with Gasteiger partial charge in [0.1, 0.15) is 5.69 Å². The number of sulfone groups is 1. The van der Waals surface area contributed by atoms with E-state index in [1.54, 1.807) is 24.3 Å². The van der Waals surface area contributed by atoms with Crippen molar-refractivity contribution in [2.45, 2.75) is 12.5 Å². The number of rotatable bonds is 3. The zero-order valence-corrected chi connectivity index (χ0v) is 13.0. The third kappa shape index (κ3) is 2.86. The third-order valence-electron chi connectivity index (χ3n) is 3.64. The number of benzene rings is 1. The Morgan fingerprint density at radius 3 is 2.55 bits per heavy atom. The number of hydrogen-bond acceptors (Lipinski definition) is 5. The highest BCUT2D eigenvalue weighted by molar-refractivity contribution is 7.91. The Balaban J connectivity index is 2.08. The average molecular weight is 340 g/mol. The third-order valence-corrected chi connectivity index (χ3v) is 5.64. The predicted octanol–water partition coefficient (Wildman–Crippen LogP) is 0.927. The molecule has 1 aliphatic heterocycles. The van der Waals surface area contributed by atoms with Crippen LogP contribution in [-0.4, -0.2) is 35.7 Å². The Morgan fingerprint density at radius 2 is 2.00 bits per heavy atom. The first kappa shape index (κ1) is 15.1. The summed E-state index contributed by atoms with van der Waals surface area (Å²) in [4.78, 5) is 11.1. The number of carboxylic acid groups (broad SMARTS) is 1. The number of nitrogens with zero attached hydrogens (tertiary/aromatic N) is 2. The lowest BCUT2D eigenvalue weighted by Crippen LogP contribution is -2.23. The second-order valence-electron chi connectivity index (χ2n) is 5.21. The van der Waals surface area contributed by atoms with Gasteiger partial charge >= 0.3 is 0 Å². The van der Waals surface area contributed by atoms with Gasteiger partial charge in [-0.05, 0) is 30.2 Å². The number of aromatic carboxylic acids is 1. The molecule has 1 aliphatic rings. The summed E-state index contributed by atoms with van der Waals surface area (Å²) in [6, 6.07) is 7.85. The Labute approximate surface area is 132 Å². The van der Waals surface area contributed by atoms with E-state index in [9.17, 15) is 18.3 Å². The van der Waals surface area contributed by atoms with Gasteiger partial charge in [0.2, 0.25) is 0 Å². The number of carboxylic acids is 1. The van der Waals surface area contributed by atoms with Crippen LogP contribution in [0, 0.1) is 0 Å². The maximum atomic E-state index is 11.7. The summed E-state index contributed by atoms with van der Waals surface area (Å²) < 4.78 is 24.8. The molecule has 6 nitrogen and oxygen atoms in total. The fraction of sp³-hybridized carbons (Fsp3) is 0.286. The minimum absolute atomic E-state index is 0.0399. The van der Waals surface area contributed by atoms with Gasteiger partial charge in [0.25, 0.3) is 0 Å². The van der Waals surface area contributed by atoms with Crippen molar-refractivity contribution in [2.24, 2.45) is 0 Å². The van der Waals surface area contributed by atoms with Crippen LogP contribution in [0.2, 0.25) is 5.02 Å². The van der Waals surface area contributed by atoms with Crippen molar-refractivity contribution >= 4 is 27.4 Å². The van der Waals surface area contributed by atoms with Crippen LogP contribution in [0.5, 0.6) is 0 Å². The number of carbonyl (C=O) groups is 1. The summed E-state index contributed by atoms with van der Waals surface area (Å²) in [6.07, 6.45) is 0.414. The molecule has 0 unspecified atom stereocenters. The van der Waals surface area contributed by atoms with Gasteiger partial charge in [-0.1, -0.05) is 23.7 Å². The van der Waals surface area contributed by atoms with Crippen LogP contribution in [0.15, 0.2) is 30.3 Å². The molecule has 0 saturated carbocycles. The van der Waals surface area contributed by atoms with Gasteiger partial charge in [-0.15, -0.1) is 0 Å². The van der Waals surface area contributed by atoms with Crippen molar-refractivity contribution in [3.8, 4) is 11.3 Å². The molecule has 1 aromatic carbocycles. The number of aromatic nitrogens is 2. The lowest BCUT2D eigenvalue weighted by molar-refractivity contribution is -0.255.